The molecule has 4 nitrogen and oxygen atoms in total. The van der Waals surface area contributed by atoms with E-state index < -0.39 is 23.7 Å². The number of carbonyl (C=O) groups is 2. The third-order valence-electron chi connectivity index (χ3n) is 3.25. The number of hydrogen-bond acceptors (Lipinski definition) is 4. The Morgan fingerprint density at radius 1 is 1.25 bits per heavy atom. The number of methoxy groups -OCH3 is 2. The van der Waals surface area contributed by atoms with Gasteiger partial charge in [-0.25, -0.2) is 4.39 Å². The fourth-order valence-electron chi connectivity index (χ4n) is 1.80. The molecule has 0 bridgehead atoms. The van der Waals surface area contributed by atoms with Crippen LogP contribution in [0.3, 0.4) is 0 Å². The van der Waals surface area contributed by atoms with Crippen LogP contribution in [0.2, 0.25) is 0 Å². The molecule has 0 heterocycles. The number of Topliss-reactive ketones (excluding diaryl/α,β-unsaturated/α-hetero) is 2. The van der Waals surface area contributed by atoms with Gasteiger partial charge < -0.3 is 9.47 Å². The zero-order valence-corrected chi connectivity index (χ0v) is 12.1. The summed E-state index contributed by atoms with van der Waals surface area (Å²) in [5.74, 6) is -1.64. The minimum atomic E-state index is -2.18. The SMILES string of the molecule is CCC(C)C(=O)C(F)C(=O)c1cccc(OC)c1OC. The summed E-state index contributed by atoms with van der Waals surface area (Å²) in [7, 11) is 2.78. The molecule has 0 radical (unpaired) electrons. The number of alkyl halides is 1. The highest BCUT2D eigenvalue weighted by Crippen LogP contribution is 2.32. The Morgan fingerprint density at radius 3 is 2.40 bits per heavy atom. The van der Waals surface area contributed by atoms with Gasteiger partial charge in [-0.2, -0.15) is 0 Å². The van der Waals surface area contributed by atoms with E-state index in [4.69, 9.17) is 9.47 Å². The van der Waals surface area contributed by atoms with Crippen molar-refractivity contribution in [3.8, 4) is 11.5 Å². The summed E-state index contributed by atoms with van der Waals surface area (Å²) in [6.07, 6.45) is -1.69. The standard InChI is InChI=1S/C15H19FO4/c1-5-9(2)13(17)12(16)14(18)10-7-6-8-11(19-3)15(10)20-4/h6-9,12H,5H2,1-4H3. The smallest absolute Gasteiger partial charge is 0.221 e. The average molecular weight is 282 g/mol. The van der Waals surface area contributed by atoms with Crippen LogP contribution < -0.4 is 9.47 Å². The summed E-state index contributed by atoms with van der Waals surface area (Å²) < 4.78 is 24.2. The molecule has 0 spiro atoms. The predicted molar refractivity (Wildman–Crippen MR) is 73.2 cm³/mol. The number of hydrogen-bond donors (Lipinski definition) is 0. The van der Waals surface area contributed by atoms with Gasteiger partial charge in [-0.3, -0.25) is 9.59 Å². The van der Waals surface area contributed by atoms with E-state index in [-0.39, 0.29) is 11.3 Å². The molecule has 5 heteroatoms. The van der Waals surface area contributed by atoms with Crippen molar-refractivity contribution in [3.05, 3.63) is 23.8 Å². The van der Waals surface area contributed by atoms with Crippen molar-refractivity contribution >= 4 is 11.6 Å². The molecule has 0 aromatic heterocycles. The maximum Gasteiger partial charge on any atom is 0.221 e. The van der Waals surface area contributed by atoms with Crippen molar-refractivity contribution < 1.29 is 23.5 Å². The molecular weight excluding hydrogens is 263 g/mol. The second-order valence-corrected chi connectivity index (χ2v) is 4.48. The third kappa shape index (κ3) is 3.15. The highest BCUT2D eigenvalue weighted by atomic mass is 19.1. The monoisotopic (exact) mass is 282 g/mol. The summed E-state index contributed by atoms with van der Waals surface area (Å²) in [6, 6.07) is 4.56. The van der Waals surface area contributed by atoms with Gasteiger partial charge in [-0.05, 0) is 18.6 Å². The second-order valence-electron chi connectivity index (χ2n) is 4.48. The molecule has 0 aliphatic heterocycles. The number of benzene rings is 1. The lowest BCUT2D eigenvalue weighted by Gasteiger charge is -2.15. The summed E-state index contributed by atoms with van der Waals surface area (Å²) in [4.78, 5) is 23.9. The van der Waals surface area contributed by atoms with Gasteiger partial charge in [0.05, 0.1) is 19.8 Å². The van der Waals surface area contributed by atoms with E-state index in [1.807, 2.05) is 0 Å². The first-order chi connectivity index (χ1) is 9.47. The van der Waals surface area contributed by atoms with Crippen molar-refractivity contribution in [1.82, 2.24) is 0 Å². The number of halogens is 1. The zero-order valence-electron chi connectivity index (χ0n) is 12.1. The topological polar surface area (TPSA) is 52.6 Å². The van der Waals surface area contributed by atoms with Gasteiger partial charge in [0.2, 0.25) is 12.0 Å². The molecule has 2 unspecified atom stereocenters. The van der Waals surface area contributed by atoms with Gasteiger partial charge in [0.25, 0.3) is 0 Å². The van der Waals surface area contributed by atoms with Gasteiger partial charge in [-0.1, -0.05) is 19.9 Å². The van der Waals surface area contributed by atoms with Crippen LogP contribution in [-0.4, -0.2) is 32.0 Å². The molecular formula is C15H19FO4. The Bertz CT molecular complexity index is 499. The lowest BCUT2D eigenvalue weighted by molar-refractivity contribution is -0.125. The fraction of sp³-hybridized carbons (Fsp3) is 0.467. The van der Waals surface area contributed by atoms with Crippen LogP contribution >= 0.6 is 0 Å². The molecule has 2 atom stereocenters. The second kappa shape index (κ2) is 7.03. The van der Waals surface area contributed by atoms with Gasteiger partial charge in [0, 0.05) is 5.92 Å². The van der Waals surface area contributed by atoms with Crippen molar-refractivity contribution in [3.63, 3.8) is 0 Å². The quantitative estimate of drug-likeness (QED) is 0.570. The highest BCUT2D eigenvalue weighted by Gasteiger charge is 2.32. The van der Waals surface area contributed by atoms with Crippen LogP contribution in [0, 0.1) is 5.92 Å². The van der Waals surface area contributed by atoms with E-state index in [2.05, 4.69) is 0 Å². The summed E-state index contributed by atoms with van der Waals surface area (Å²) >= 11 is 0. The maximum atomic E-state index is 14.1. The van der Waals surface area contributed by atoms with E-state index in [0.717, 1.165) is 0 Å². The van der Waals surface area contributed by atoms with Crippen LogP contribution in [0.5, 0.6) is 11.5 Å². The molecule has 1 rings (SSSR count). The zero-order chi connectivity index (χ0) is 15.3. The molecule has 0 aliphatic rings. The first-order valence-electron chi connectivity index (χ1n) is 6.40. The summed E-state index contributed by atoms with van der Waals surface area (Å²) in [6.45, 7) is 3.37. The van der Waals surface area contributed by atoms with E-state index in [0.29, 0.717) is 12.2 Å². The molecule has 0 aliphatic carbocycles. The lowest BCUT2D eigenvalue weighted by atomic mass is 9.94. The van der Waals surface area contributed by atoms with Crippen molar-refractivity contribution in [2.75, 3.05) is 14.2 Å². The summed E-state index contributed by atoms with van der Waals surface area (Å²) in [5, 5.41) is 0. The molecule has 110 valence electrons. The number of ether oxygens (including phenoxy) is 2. The molecule has 0 saturated carbocycles. The minimum absolute atomic E-state index is 0.0102. The van der Waals surface area contributed by atoms with E-state index in [1.165, 1.54) is 20.3 Å². The van der Waals surface area contributed by atoms with Gasteiger partial charge in [0.1, 0.15) is 0 Å². The van der Waals surface area contributed by atoms with Crippen LogP contribution in [0.1, 0.15) is 30.6 Å². The maximum absolute atomic E-state index is 14.1. The number of rotatable bonds is 7. The fourth-order valence-corrected chi connectivity index (χ4v) is 1.80. The molecule has 20 heavy (non-hydrogen) atoms. The Hall–Kier alpha value is -1.91. The molecule has 0 fully saturated rings. The van der Waals surface area contributed by atoms with Crippen molar-refractivity contribution in [1.29, 1.82) is 0 Å². The normalized spacial score (nSPS) is 13.4. The van der Waals surface area contributed by atoms with Gasteiger partial charge in [-0.15, -0.1) is 0 Å². The van der Waals surface area contributed by atoms with E-state index >= 15 is 0 Å². The van der Waals surface area contributed by atoms with Crippen LogP contribution in [0.25, 0.3) is 0 Å². The molecule has 1 aromatic rings. The first kappa shape index (κ1) is 16.1. The Morgan fingerprint density at radius 2 is 1.90 bits per heavy atom. The summed E-state index contributed by atoms with van der Waals surface area (Å²) in [5.41, 5.74) is 0.0102. The third-order valence-corrected chi connectivity index (χ3v) is 3.25. The van der Waals surface area contributed by atoms with Crippen LogP contribution in [0.4, 0.5) is 4.39 Å². The number of carbonyl (C=O) groups excluding carboxylic acids is 2. The van der Waals surface area contributed by atoms with Gasteiger partial charge in [0.15, 0.2) is 17.3 Å². The Balaban J connectivity index is 3.12. The molecule has 0 saturated heterocycles. The predicted octanol–water partition coefficient (Wildman–Crippen LogP) is 2.84. The Kier molecular flexibility index (Phi) is 5.67. The molecule has 1 aromatic carbocycles. The van der Waals surface area contributed by atoms with Crippen LogP contribution in [-0.2, 0) is 4.79 Å². The molecule has 0 amide bonds. The number of ketones is 2. The Labute approximate surface area is 117 Å². The minimum Gasteiger partial charge on any atom is -0.493 e. The number of para-hydroxylation sites is 1. The lowest BCUT2D eigenvalue weighted by Crippen LogP contribution is -2.30. The first-order valence-corrected chi connectivity index (χ1v) is 6.40. The van der Waals surface area contributed by atoms with E-state index in [9.17, 15) is 14.0 Å². The van der Waals surface area contributed by atoms with E-state index in [1.54, 1.807) is 26.0 Å². The van der Waals surface area contributed by atoms with Crippen molar-refractivity contribution in [2.24, 2.45) is 5.92 Å². The average Bonchev–Trinajstić information content (AvgIpc) is 2.50. The molecule has 0 N–H and O–H groups in total. The van der Waals surface area contributed by atoms with Crippen LogP contribution in [0.15, 0.2) is 18.2 Å². The van der Waals surface area contributed by atoms with Crippen molar-refractivity contribution in [2.45, 2.75) is 26.4 Å². The largest absolute Gasteiger partial charge is 0.493 e. The van der Waals surface area contributed by atoms with Gasteiger partial charge >= 0.3 is 0 Å². The highest BCUT2D eigenvalue weighted by molar-refractivity contribution is 6.15.